The van der Waals surface area contributed by atoms with E-state index in [0.29, 0.717) is 30.9 Å². The molecular weight excluding hydrogens is 428 g/mol. The number of amides is 2. The highest BCUT2D eigenvalue weighted by Crippen LogP contribution is 2.28. The molecule has 1 unspecified atom stereocenters. The van der Waals surface area contributed by atoms with E-state index >= 15 is 0 Å². The monoisotopic (exact) mass is 466 g/mol. The molecule has 34 heavy (non-hydrogen) atoms. The van der Waals surface area contributed by atoms with Crippen molar-refractivity contribution in [2.45, 2.75) is 77.4 Å². The molecule has 1 N–H and O–H groups in total. The van der Waals surface area contributed by atoms with Gasteiger partial charge in [-0.2, -0.15) is 0 Å². The highest BCUT2D eigenvalue weighted by molar-refractivity contribution is 5.87. The minimum atomic E-state index is -0.542. The fourth-order valence-corrected chi connectivity index (χ4v) is 4.55. The van der Waals surface area contributed by atoms with Gasteiger partial charge in [-0.3, -0.25) is 9.59 Å². The molecule has 1 atom stereocenters. The Morgan fingerprint density at radius 3 is 2.41 bits per heavy atom. The van der Waals surface area contributed by atoms with Gasteiger partial charge in [-0.05, 0) is 61.9 Å². The van der Waals surface area contributed by atoms with Crippen LogP contribution in [0.25, 0.3) is 0 Å². The second kappa shape index (κ2) is 12.4. The van der Waals surface area contributed by atoms with Gasteiger partial charge < -0.3 is 19.7 Å². The summed E-state index contributed by atoms with van der Waals surface area (Å²) in [6, 6.07) is 13.4. The molecule has 0 radical (unpaired) electrons. The van der Waals surface area contributed by atoms with Crippen LogP contribution in [0.5, 0.6) is 11.5 Å². The number of nitrogens with zero attached hydrogens (tertiary/aromatic N) is 1. The molecule has 2 aromatic rings. The molecule has 2 aromatic carbocycles. The van der Waals surface area contributed by atoms with Gasteiger partial charge in [0.05, 0.1) is 14.2 Å². The fourth-order valence-electron chi connectivity index (χ4n) is 4.55. The first-order valence-electron chi connectivity index (χ1n) is 12.3. The van der Waals surface area contributed by atoms with E-state index in [9.17, 15) is 9.59 Å². The van der Waals surface area contributed by atoms with E-state index in [2.05, 4.69) is 5.32 Å². The average Bonchev–Trinajstić information content (AvgIpc) is 2.86. The highest BCUT2D eigenvalue weighted by atomic mass is 16.5. The number of hydrogen-bond donors (Lipinski definition) is 1. The van der Waals surface area contributed by atoms with Crippen LogP contribution >= 0.6 is 0 Å². The molecule has 184 valence electrons. The summed E-state index contributed by atoms with van der Waals surface area (Å²) in [6.45, 7) is 4.29. The van der Waals surface area contributed by atoms with Gasteiger partial charge in [-0.25, -0.2) is 0 Å². The van der Waals surface area contributed by atoms with Crippen molar-refractivity contribution in [1.29, 1.82) is 0 Å². The van der Waals surface area contributed by atoms with Crippen LogP contribution in [-0.4, -0.2) is 43.0 Å². The maximum absolute atomic E-state index is 13.4. The van der Waals surface area contributed by atoms with Gasteiger partial charge in [-0.15, -0.1) is 0 Å². The van der Waals surface area contributed by atoms with Crippen LogP contribution in [0, 0.1) is 6.92 Å². The van der Waals surface area contributed by atoms with Crippen molar-refractivity contribution < 1.29 is 19.1 Å². The Balaban J connectivity index is 1.73. The van der Waals surface area contributed by atoms with E-state index in [1.165, 1.54) is 6.42 Å². The number of carbonyl (C=O) groups is 2. The lowest BCUT2D eigenvalue weighted by molar-refractivity contribution is -0.141. The average molecular weight is 467 g/mol. The van der Waals surface area contributed by atoms with Gasteiger partial charge >= 0.3 is 0 Å². The van der Waals surface area contributed by atoms with Crippen molar-refractivity contribution in [1.82, 2.24) is 10.2 Å². The number of benzene rings is 2. The zero-order valence-corrected chi connectivity index (χ0v) is 20.9. The number of nitrogens with one attached hydrogen (secondary N) is 1. The molecule has 1 fully saturated rings. The Bertz CT molecular complexity index is 969. The minimum Gasteiger partial charge on any atom is -0.493 e. The Hall–Kier alpha value is -3.02. The summed E-state index contributed by atoms with van der Waals surface area (Å²) < 4.78 is 10.7. The number of methoxy groups -OCH3 is 2. The maximum atomic E-state index is 13.4. The van der Waals surface area contributed by atoms with E-state index in [0.717, 1.165) is 42.4 Å². The number of ether oxygens (including phenoxy) is 2. The van der Waals surface area contributed by atoms with Crippen molar-refractivity contribution in [3.63, 3.8) is 0 Å². The van der Waals surface area contributed by atoms with Gasteiger partial charge in [0.15, 0.2) is 11.5 Å². The summed E-state index contributed by atoms with van der Waals surface area (Å²) in [7, 11) is 3.20. The lowest BCUT2D eigenvalue weighted by Gasteiger charge is -2.31. The second-order valence-electron chi connectivity index (χ2n) is 9.16. The predicted octanol–water partition coefficient (Wildman–Crippen LogP) is 4.81. The first kappa shape index (κ1) is 25.6. The first-order valence-corrected chi connectivity index (χ1v) is 12.3. The number of carbonyl (C=O) groups excluding carboxylic acids is 2. The maximum Gasteiger partial charge on any atom is 0.242 e. The SMILES string of the molecule is COc1ccc(CCC(=O)N(Cc2ccccc2C)C(C)C(=O)NC2CCCCC2)cc1OC. The Morgan fingerprint density at radius 2 is 1.74 bits per heavy atom. The summed E-state index contributed by atoms with van der Waals surface area (Å²) >= 11 is 0. The third-order valence-corrected chi connectivity index (χ3v) is 6.80. The van der Waals surface area contributed by atoms with Gasteiger partial charge in [0, 0.05) is 19.0 Å². The van der Waals surface area contributed by atoms with Crippen LogP contribution in [-0.2, 0) is 22.6 Å². The van der Waals surface area contributed by atoms with E-state index in [1.807, 2.05) is 56.3 Å². The zero-order chi connectivity index (χ0) is 24.5. The topological polar surface area (TPSA) is 67.9 Å². The van der Waals surface area contributed by atoms with Gasteiger partial charge in [0.1, 0.15) is 6.04 Å². The molecule has 0 heterocycles. The number of rotatable bonds is 10. The van der Waals surface area contributed by atoms with Crippen molar-refractivity contribution in [3.8, 4) is 11.5 Å². The molecule has 1 aliphatic carbocycles. The fraction of sp³-hybridized carbons (Fsp3) is 0.500. The van der Waals surface area contributed by atoms with Crippen LogP contribution in [0.2, 0.25) is 0 Å². The van der Waals surface area contributed by atoms with E-state index < -0.39 is 6.04 Å². The molecule has 6 heteroatoms. The molecule has 0 spiro atoms. The van der Waals surface area contributed by atoms with Crippen LogP contribution in [0.4, 0.5) is 0 Å². The molecule has 0 saturated heterocycles. The summed E-state index contributed by atoms with van der Waals surface area (Å²) in [5.41, 5.74) is 3.15. The normalized spacial score (nSPS) is 14.8. The molecule has 0 bridgehead atoms. The Labute approximate surface area is 203 Å². The molecule has 1 saturated carbocycles. The van der Waals surface area contributed by atoms with Crippen molar-refractivity contribution in [2.75, 3.05) is 14.2 Å². The largest absolute Gasteiger partial charge is 0.493 e. The quantitative estimate of drug-likeness (QED) is 0.546. The van der Waals surface area contributed by atoms with Gasteiger partial charge in [0.2, 0.25) is 11.8 Å². The predicted molar refractivity (Wildman–Crippen MR) is 134 cm³/mol. The molecule has 2 amide bonds. The third-order valence-electron chi connectivity index (χ3n) is 6.80. The lowest BCUT2D eigenvalue weighted by Crippen LogP contribution is -2.50. The summed E-state index contributed by atoms with van der Waals surface area (Å²) in [6.07, 6.45) is 6.43. The van der Waals surface area contributed by atoms with Crippen LogP contribution in [0.1, 0.15) is 62.1 Å². The van der Waals surface area contributed by atoms with Crippen LogP contribution in [0.15, 0.2) is 42.5 Å². The Kier molecular flexibility index (Phi) is 9.37. The Morgan fingerprint density at radius 1 is 1.03 bits per heavy atom. The van der Waals surface area contributed by atoms with E-state index in [1.54, 1.807) is 19.1 Å². The standard InChI is InChI=1S/C28H38N2O4/c1-20-10-8-9-11-23(20)19-30(21(2)28(32)29-24-12-6-5-7-13-24)27(31)17-15-22-14-16-25(33-3)26(18-22)34-4/h8-11,14,16,18,21,24H,5-7,12-13,15,17,19H2,1-4H3,(H,29,32). The first-order chi connectivity index (χ1) is 16.4. The second-order valence-corrected chi connectivity index (χ2v) is 9.16. The van der Waals surface area contributed by atoms with Crippen molar-refractivity contribution in [3.05, 3.63) is 59.2 Å². The van der Waals surface area contributed by atoms with E-state index in [-0.39, 0.29) is 17.9 Å². The molecule has 0 aromatic heterocycles. The number of hydrogen-bond acceptors (Lipinski definition) is 4. The molecule has 3 rings (SSSR count). The smallest absolute Gasteiger partial charge is 0.242 e. The van der Waals surface area contributed by atoms with Gasteiger partial charge in [-0.1, -0.05) is 49.6 Å². The third kappa shape index (κ3) is 6.75. The lowest BCUT2D eigenvalue weighted by atomic mass is 9.95. The molecular formula is C28H38N2O4. The molecule has 6 nitrogen and oxygen atoms in total. The van der Waals surface area contributed by atoms with Gasteiger partial charge in [0.25, 0.3) is 0 Å². The summed E-state index contributed by atoms with van der Waals surface area (Å²) in [5, 5.41) is 3.19. The van der Waals surface area contributed by atoms with Crippen molar-refractivity contribution >= 4 is 11.8 Å². The zero-order valence-electron chi connectivity index (χ0n) is 20.9. The van der Waals surface area contributed by atoms with Crippen LogP contribution < -0.4 is 14.8 Å². The van der Waals surface area contributed by atoms with Crippen LogP contribution in [0.3, 0.4) is 0 Å². The summed E-state index contributed by atoms with van der Waals surface area (Å²) in [4.78, 5) is 28.3. The molecule has 0 aliphatic heterocycles. The highest BCUT2D eigenvalue weighted by Gasteiger charge is 2.28. The van der Waals surface area contributed by atoms with E-state index in [4.69, 9.17) is 9.47 Å². The minimum absolute atomic E-state index is 0.0377. The number of aryl methyl sites for hydroxylation is 2. The van der Waals surface area contributed by atoms with Crippen molar-refractivity contribution in [2.24, 2.45) is 0 Å². The molecule has 1 aliphatic rings. The summed E-state index contributed by atoms with van der Waals surface area (Å²) in [5.74, 6) is 1.19.